The van der Waals surface area contributed by atoms with Crippen LogP contribution in [0.1, 0.15) is 0 Å². The third kappa shape index (κ3) is 3.69. The van der Waals surface area contributed by atoms with Gasteiger partial charge in [-0.05, 0) is 72.8 Å². The first-order chi connectivity index (χ1) is 25.8. The van der Waals surface area contributed by atoms with Gasteiger partial charge in [0.05, 0.1) is 50.4 Å². The molecule has 0 spiro atoms. The van der Waals surface area contributed by atoms with Crippen LogP contribution < -0.4 is 0 Å². The van der Waals surface area contributed by atoms with E-state index in [1.807, 2.05) is 6.20 Å². The Hall–Kier alpha value is -7.11. The van der Waals surface area contributed by atoms with Crippen LogP contribution in [0.5, 0.6) is 0 Å². The van der Waals surface area contributed by atoms with E-state index in [0.717, 1.165) is 44.5 Å². The number of rotatable bonds is 3. The molecule has 12 rings (SSSR count). The van der Waals surface area contributed by atoms with Gasteiger partial charge in [-0.25, -0.2) is 4.98 Å². The highest BCUT2D eigenvalue weighted by Gasteiger charge is 2.19. The zero-order valence-electron chi connectivity index (χ0n) is 27.9. The minimum absolute atomic E-state index is 0.632. The molecular formula is C47H28N4O. The summed E-state index contributed by atoms with van der Waals surface area (Å²) in [7, 11) is 0. The van der Waals surface area contributed by atoms with Gasteiger partial charge in [-0.2, -0.15) is 0 Å². The van der Waals surface area contributed by atoms with Crippen LogP contribution in [0.3, 0.4) is 0 Å². The van der Waals surface area contributed by atoms with Crippen LogP contribution in [0, 0.1) is 0 Å². The molecule has 12 aromatic rings. The first-order valence-electron chi connectivity index (χ1n) is 17.6. The lowest BCUT2D eigenvalue weighted by molar-refractivity contribution is 0.654. The zero-order chi connectivity index (χ0) is 33.9. The fourth-order valence-electron chi connectivity index (χ4n) is 8.68. The summed E-state index contributed by atoms with van der Waals surface area (Å²) in [5, 5.41) is 9.42. The van der Waals surface area contributed by atoms with Crippen LogP contribution in [-0.4, -0.2) is 18.7 Å². The largest absolute Gasteiger partial charge is 0.438 e. The number of aromatic nitrogens is 4. The van der Waals surface area contributed by atoms with Crippen molar-refractivity contribution in [1.29, 1.82) is 0 Å². The number of furan rings is 1. The third-order valence-electron chi connectivity index (χ3n) is 10.9. The Morgan fingerprint density at radius 2 is 0.712 bits per heavy atom. The van der Waals surface area contributed by atoms with E-state index in [4.69, 9.17) is 9.40 Å². The smallest absolute Gasteiger partial charge is 0.227 e. The summed E-state index contributed by atoms with van der Waals surface area (Å²) in [6, 6.07) is 58.8. The molecule has 52 heavy (non-hydrogen) atoms. The van der Waals surface area contributed by atoms with Crippen molar-refractivity contribution < 1.29 is 4.42 Å². The van der Waals surface area contributed by atoms with Crippen LogP contribution in [0.15, 0.2) is 174 Å². The number of para-hydroxylation sites is 5. The minimum Gasteiger partial charge on any atom is -0.438 e. The molecule has 0 aliphatic heterocycles. The molecular weight excluding hydrogens is 637 g/mol. The van der Waals surface area contributed by atoms with Crippen molar-refractivity contribution in [3.8, 4) is 17.1 Å². The van der Waals surface area contributed by atoms with E-state index < -0.39 is 0 Å². The lowest BCUT2D eigenvalue weighted by atomic mass is 10.1. The van der Waals surface area contributed by atoms with Crippen molar-refractivity contribution in [2.24, 2.45) is 0 Å². The third-order valence-corrected chi connectivity index (χ3v) is 10.9. The fraction of sp³-hybridized carbons (Fsp3) is 0. The Morgan fingerprint density at radius 3 is 1.23 bits per heavy atom. The van der Waals surface area contributed by atoms with E-state index in [2.05, 4.69) is 177 Å². The molecule has 242 valence electrons. The average molecular weight is 665 g/mol. The Balaban J connectivity index is 1.07. The molecule has 0 aliphatic rings. The van der Waals surface area contributed by atoms with Gasteiger partial charge in [0.25, 0.3) is 0 Å². The maximum Gasteiger partial charge on any atom is 0.227 e. The monoisotopic (exact) mass is 664 g/mol. The first kappa shape index (κ1) is 27.7. The summed E-state index contributed by atoms with van der Waals surface area (Å²) >= 11 is 0. The van der Waals surface area contributed by atoms with Gasteiger partial charge in [-0.15, -0.1) is 0 Å². The maximum absolute atomic E-state index is 6.34. The van der Waals surface area contributed by atoms with Gasteiger partial charge in [0.2, 0.25) is 5.71 Å². The molecule has 0 aliphatic carbocycles. The number of nitrogens with zero attached hydrogens (tertiary/aromatic N) is 4. The highest BCUT2D eigenvalue weighted by Crippen LogP contribution is 2.39. The number of pyridine rings is 1. The predicted octanol–water partition coefficient (Wildman–Crippen LogP) is 12.3. The predicted molar refractivity (Wildman–Crippen MR) is 215 cm³/mol. The topological polar surface area (TPSA) is 40.8 Å². The van der Waals surface area contributed by atoms with Gasteiger partial charge < -0.3 is 18.1 Å². The van der Waals surface area contributed by atoms with E-state index in [1.165, 1.54) is 54.4 Å². The maximum atomic E-state index is 6.34. The Morgan fingerprint density at radius 1 is 0.327 bits per heavy atom. The average Bonchev–Trinajstić information content (AvgIpc) is 3.93. The van der Waals surface area contributed by atoms with Crippen LogP contribution in [0.25, 0.3) is 105 Å². The molecule has 5 heteroatoms. The molecule has 0 N–H and O–H groups in total. The second-order valence-corrected chi connectivity index (χ2v) is 13.6. The van der Waals surface area contributed by atoms with Crippen molar-refractivity contribution >= 4 is 87.5 Å². The van der Waals surface area contributed by atoms with Crippen molar-refractivity contribution in [3.63, 3.8) is 0 Å². The van der Waals surface area contributed by atoms with Gasteiger partial charge in [0, 0.05) is 49.1 Å². The standard InChI is InChI=1S/C47H28N4O/c1-6-16-40-32(11-1)33-12-2-7-17-41(33)49(40)29-21-23-45-37(25-29)36-15-5-10-20-44(36)51(45)31-27-39-38-26-30(22-24-46(38)52-47(39)48-28-31)50-42-18-8-3-13-34(42)35-14-4-9-19-43(35)50/h1-28H. The van der Waals surface area contributed by atoms with Crippen LogP contribution >= 0.6 is 0 Å². The molecule has 0 bridgehead atoms. The summed E-state index contributed by atoms with van der Waals surface area (Å²) in [5.74, 6) is 0. The molecule has 0 atom stereocenters. The highest BCUT2D eigenvalue weighted by atomic mass is 16.3. The molecule has 0 radical (unpaired) electrons. The van der Waals surface area contributed by atoms with Gasteiger partial charge in [0.15, 0.2) is 0 Å². The summed E-state index contributed by atoms with van der Waals surface area (Å²) in [5.41, 5.74) is 11.7. The number of benzene rings is 7. The quantitative estimate of drug-likeness (QED) is 0.189. The van der Waals surface area contributed by atoms with Crippen LogP contribution in [-0.2, 0) is 0 Å². The van der Waals surface area contributed by atoms with Crippen molar-refractivity contribution in [1.82, 2.24) is 18.7 Å². The summed E-state index contributed by atoms with van der Waals surface area (Å²) in [4.78, 5) is 4.91. The molecule has 7 aromatic carbocycles. The lowest BCUT2D eigenvalue weighted by Gasteiger charge is -2.10. The Bertz CT molecular complexity index is 3320. The number of hydrogen-bond acceptors (Lipinski definition) is 2. The van der Waals surface area contributed by atoms with E-state index in [-0.39, 0.29) is 0 Å². The van der Waals surface area contributed by atoms with Gasteiger partial charge in [-0.3, -0.25) is 0 Å². The molecule has 5 heterocycles. The first-order valence-corrected chi connectivity index (χ1v) is 17.6. The van der Waals surface area contributed by atoms with E-state index in [0.29, 0.717) is 5.71 Å². The van der Waals surface area contributed by atoms with E-state index in [1.54, 1.807) is 0 Å². The molecule has 5 aromatic heterocycles. The van der Waals surface area contributed by atoms with Crippen molar-refractivity contribution in [2.75, 3.05) is 0 Å². The van der Waals surface area contributed by atoms with Crippen LogP contribution in [0.2, 0.25) is 0 Å². The normalized spacial score (nSPS) is 12.2. The Kier molecular flexibility index (Phi) is 5.44. The van der Waals surface area contributed by atoms with Crippen LogP contribution in [0.4, 0.5) is 0 Å². The summed E-state index contributed by atoms with van der Waals surface area (Å²) in [6.45, 7) is 0. The molecule has 0 saturated heterocycles. The SMILES string of the molecule is c1ccc2c(c1)c1ccccc1n2-c1ccc2oc3ncc(-n4c5ccccc5c5cc(-n6c7ccccc7c7ccccc76)ccc54)cc3c2c1. The molecule has 0 fully saturated rings. The van der Waals surface area contributed by atoms with Gasteiger partial charge in [-0.1, -0.05) is 91.0 Å². The van der Waals surface area contributed by atoms with E-state index >= 15 is 0 Å². The lowest BCUT2D eigenvalue weighted by Crippen LogP contribution is -1.96. The highest BCUT2D eigenvalue weighted by molar-refractivity contribution is 6.13. The molecule has 0 unspecified atom stereocenters. The summed E-state index contributed by atoms with van der Waals surface area (Å²) < 4.78 is 13.4. The minimum atomic E-state index is 0.632. The Labute approximate surface area is 296 Å². The van der Waals surface area contributed by atoms with E-state index in [9.17, 15) is 0 Å². The van der Waals surface area contributed by atoms with Crippen molar-refractivity contribution in [3.05, 3.63) is 170 Å². The molecule has 5 nitrogen and oxygen atoms in total. The van der Waals surface area contributed by atoms with Crippen molar-refractivity contribution in [2.45, 2.75) is 0 Å². The number of hydrogen-bond donors (Lipinski definition) is 0. The number of fused-ring (bicyclic) bond motifs is 12. The fourth-order valence-corrected chi connectivity index (χ4v) is 8.68. The second-order valence-electron chi connectivity index (χ2n) is 13.6. The molecule has 0 amide bonds. The second kappa shape index (κ2) is 10.2. The molecule has 0 saturated carbocycles. The van der Waals surface area contributed by atoms with Gasteiger partial charge >= 0.3 is 0 Å². The zero-order valence-corrected chi connectivity index (χ0v) is 27.9. The van der Waals surface area contributed by atoms with Gasteiger partial charge in [0.1, 0.15) is 5.58 Å². The summed E-state index contributed by atoms with van der Waals surface area (Å²) in [6.07, 6.45) is 1.94.